The molecule has 176 valence electrons. The zero-order chi connectivity index (χ0) is 24.3. The molecular formula is C24H30N10. The molecule has 2 aromatic carbocycles. The van der Waals surface area contributed by atoms with E-state index < -0.39 is 0 Å². The van der Waals surface area contributed by atoms with Gasteiger partial charge in [-0.15, -0.1) is 0 Å². The highest BCUT2D eigenvalue weighted by molar-refractivity contribution is 5.52. The average molecular weight is 459 g/mol. The van der Waals surface area contributed by atoms with E-state index in [-0.39, 0.29) is 5.95 Å². The molecule has 3 N–H and O–H groups in total. The number of hydrogen-bond acceptors (Lipinski definition) is 10. The molecule has 0 radical (unpaired) electrons. The molecule has 1 heterocycles. The van der Waals surface area contributed by atoms with E-state index >= 15 is 0 Å². The molecule has 0 aliphatic heterocycles. The van der Waals surface area contributed by atoms with Crippen LogP contribution in [0.4, 0.5) is 34.9 Å². The third kappa shape index (κ3) is 6.87. The Morgan fingerprint density at radius 1 is 0.941 bits per heavy atom. The van der Waals surface area contributed by atoms with Crippen molar-refractivity contribution in [2.75, 3.05) is 54.1 Å². The van der Waals surface area contributed by atoms with Crippen molar-refractivity contribution in [3.8, 4) is 6.07 Å². The molecule has 0 aliphatic rings. The van der Waals surface area contributed by atoms with Gasteiger partial charge >= 0.3 is 0 Å². The normalized spacial score (nSPS) is 10.8. The molecule has 0 bridgehead atoms. The standard InChI is InChI=1S/C24H30N10/c1-4-34(5-2)24-29-22(26)28-23(30-24)27-15-6-16-33(3)21-13-11-20(12-14-21)32-31-19-9-7-18(17-25)8-10-19/h7-14H,4-6,15-16H2,1-3H3,(H3,26,27,28,29,30). The molecule has 0 unspecified atom stereocenters. The molecule has 0 aliphatic carbocycles. The zero-order valence-corrected chi connectivity index (χ0v) is 19.8. The monoisotopic (exact) mass is 458 g/mol. The number of rotatable bonds is 11. The lowest BCUT2D eigenvalue weighted by Crippen LogP contribution is -2.25. The number of nitrogens with two attached hydrogens (primary N) is 1. The third-order valence-corrected chi connectivity index (χ3v) is 5.21. The second-order valence-electron chi connectivity index (χ2n) is 7.57. The van der Waals surface area contributed by atoms with E-state index in [1.807, 2.05) is 36.2 Å². The smallest absolute Gasteiger partial charge is 0.231 e. The van der Waals surface area contributed by atoms with Crippen molar-refractivity contribution in [1.29, 1.82) is 5.26 Å². The van der Waals surface area contributed by atoms with E-state index in [1.54, 1.807) is 24.3 Å². The first-order valence-electron chi connectivity index (χ1n) is 11.3. The predicted octanol–water partition coefficient (Wildman–Crippen LogP) is 4.53. The summed E-state index contributed by atoms with van der Waals surface area (Å²) in [4.78, 5) is 17.1. The lowest BCUT2D eigenvalue weighted by Gasteiger charge is -2.20. The minimum atomic E-state index is 0.216. The average Bonchev–Trinajstić information content (AvgIpc) is 2.86. The topological polar surface area (TPSA) is 132 Å². The first-order chi connectivity index (χ1) is 16.5. The molecular weight excluding hydrogens is 428 g/mol. The number of anilines is 4. The fourth-order valence-corrected chi connectivity index (χ4v) is 3.25. The Morgan fingerprint density at radius 3 is 2.15 bits per heavy atom. The van der Waals surface area contributed by atoms with Crippen LogP contribution >= 0.6 is 0 Å². The van der Waals surface area contributed by atoms with Crippen LogP contribution < -0.4 is 20.9 Å². The van der Waals surface area contributed by atoms with Crippen LogP contribution in [0, 0.1) is 11.3 Å². The Labute approximate surface area is 200 Å². The summed E-state index contributed by atoms with van der Waals surface area (Å²) >= 11 is 0. The van der Waals surface area contributed by atoms with E-state index in [2.05, 4.69) is 55.3 Å². The van der Waals surface area contributed by atoms with E-state index in [1.165, 1.54) is 0 Å². The van der Waals surface area contributed by atoms with E-state index in [9.17, 15) is 0 Å². The van der Waals surface area contributed by atoms with Crippen molar-refractivity contribution in [2.45, 2.75) is 20.3 Å². The number of aromatic nitrogens is 3. The first kappa shape index (κ1) is 24.4. The molecule has 0 saturated heterocycles. The number of nitrogens with one attached hydrogen (secondary N) is 1. The summed E-state index contributed by atoms with van der Waals surface area (Å²) in [5.74, 6) is 1.30. The van der Waals surface area contributed by atoms with Crippen LogP contribution in [0.25, 0.3) is 0 Å². The third-order valence-electron chi connectivity index (χ3n) is 5.21. The fraction of sp³-hybridized carbons (Fsp3) is 0.333. The number of nitriles is 1. The van der Waals surface area contributed by atoms with Gasteiger partial charge in [-0.2, -0.15) is 30.4 Å². The highest BCUT2D eigenvalue weighted by atomic mass is 15.3. The van der Waals surface area contributed by atoms with Crippen molar-refractivity contribution in [3.05, 3.63) is 54.1 Å². The number of hydrogen-bond donors (Lipinski definition) is 2. The largest absolute Gasteiger partial charge is 0.375 e. The molecule has 0 amide bonds. The van der Waals surface area contributed by atoms with Gasteiger partial charge in [-0.25, -0.2) is 0 Å². The van der Waals surface area contributed by atoms with Gasteiger partial charge in [0.2, 0.25) is 17.8 Å². The second-order valence-corrected chi connectivity index (χ2v) is 7.57. The summed E-state index contributed by atoms with van der Waals surface area (Å²) in [5.41, 5.74) is 9.01. The van der Waals surface area contributed by atoms with Crippen LogP contribution in [0.15, 0.2) is 58.8 Å². The van der Waals surface area contributed by atoms with Crippen LogP contribution in [0.3, 0.4) is 0 Å². The van der Waals surface area contributed by atoms with Crippen molar-refractivity contribution >= 4 is 34.9 Å². The molecule has 3 rings (SSSR count). The molecule has 0 spiro atoms. The molecule has 1 aromatic heterocycles. The van der Waals surface area contributed by atoms with E-state index in [0.29, 0.717) is 29.7 Å². The van der Waals surface area contributed by atoms with Crippen LogP contribution in [-0.4, -0.2) is 48.2 Å². The van der Waals surface area contributed by atoms with E-state index in [4.69, 9.17) is 11.0 Å². The Kier molecular flexibility index (Phi) is 8.68. The highest BCUT2D eigenvalue weighted by Gasteiger charge is 2.09. The Hall–Kier alpha value is -4.26. The van der Waals surface area contributed by atoms with E-state index in [0.717, 1.165) is 37.4 Å². The molecule has 0 fully saturated rings. The van der Waals surface area contributed by atoms with Gasteiger partial charge in [-0.05, 0) is 68.8 Å². The summed E-state index contributed by atoms with van der Waals surface area (Å²) in [6, 6.07) is 17.0. The van der Waals surface area contributed by atoms with Gasteiger partial charge in [0, 0.05) is 38.9 Å². The lowest BCUT2D eigenvalue weighted by atomic mass is 10.2. The number of nitrogen functional groups attached to an aromatic ring is 1. The zero-order valence-electron chi connectivity index (χ0n) is 19.8. The number of benzene rings is 2. The maximum atomic E-state index is 8.86. The van der Waals surface area contributed by atoms with Gasteiger partial charge in [-0.3, -0.25) is 0 Å². The molecule has 0 atom stereocenters. The summed E-state index contributed by atoms with van der Waals surface area (Å²) in [6.45, 7) is 7.28. The summed E-state index contributed by atoms with van der Waals surface area (Å²) in [7, 11) is 2.05. The summed E-state index contributed by atoms with van der Waals surface area (Å²) in [6.07, 6.45) is 0.892. The minimum absolute atomic E-state index is 0.216. The summed E-state index contributed by atoms with van der Waals surface area (Å²) < 4.78 is 0. The maximum absolute atomic E-state index is 8.86. The number of nitrogens with zero attached hydrogens (tertiary/aromatic N) is 8. The van der Waals surface area contributed by atoms with Crippen LogP contribution in [0.5, 0.6) is 0 Å². The lowest BCUT2D eigenvalue weighted by molar-refractivity contribution is 0.797. The Bertz CT molecular complexity index is 1120. The van der Waals surface area contributed by atoms with Gasteiger partial charge in [0.05, 0.1) is 23.0 Å². The quantitative estimate of drug-likeness (QED) is 0.316. The Morgan fingerprint density at radius 2 is 1.56 bits per heavy atom. The molecule has 34 heavy (non-hydrogen) atoms. The molecule has 3 aromatic rings. The molecule has 10 nitrogen and oxygen atoms in total. The second kappa shape index (κ2) is 12.1. The number of azo groups is 1. The van der Waals surface area contributed by atoms with Crippen LogP contribution in [-0.2, 0) is 0 Å². The minimum Gasteiger partial charge on any atom is -0.375 e. The van der Waals surface area contributed by atoms with Crippen LogP contribution in [0.1, 0.15) is 25.8 Å². The van der Waals surface area contributed by atoms with Crippen molar-refractivity contribution in [3.63, 3.8) is 0 Å². The predicted molar refractivity (Wildman–Crippen MR) is 136 cm³/mol. The molecule has 0 saturated carbocycles. The first-order valence-corrected chi connectivity index (χ1v) is 11.3. The summed E-state index contributed by atoms with van der Waals surface area (Å²) in [5, 5.41) is 20.6. The van der Waals surface area contributed by atoms with Crippen LogP contribution in [0.2, 0.25) is 0 Å². The van der Waals surface area contributed by atoms with Crippen molar-refractivity contribution in [2.24, 2.45) is 10.2 Å². The van der Waals surface area contributed by atoms with Gasteiger partial charge in [0.15, 0.2) is 0 Å². The van der Waals surface area contributed by atoms with Gasteiger partial charge in [-0.1, -0.05) is 0 Å². The fourth-order valence-electron chi connectivity index (χ4n) is 3.25. The van der Waals surface area contributed by atoms with Gasteiger partial charge in [0.1, 0.15) is 0 Å². The Balaban J connectivity index is 1.48. The van der Waals surface area contributed by atoms with Crippen molar-refractivity contribution in [1.82, 2.24) is 15.0 Å². The maximum Gasteiger partial charge on any atom is 0.231 e. The highest BCUT2D eigenvalue weighted by Crippen LogP contribution is 2.22. The SMILES string of the molecule is CCN(CC)c1nc(N)nc(NCCCN(C)c2ccc(N=Nc3ccc(C#N)cc3)cc2)n1. The van der Waals surface area contributed by atoms with Crippen molar-refractivity contribution < 1.29 is 0 Å². The van der Waals surface area contributed by atoms with Gasteiger partial charge < -0.3 is 20.9 Å². The van der Waals surface area contributed by atoms with Gasteiger partial charge in [0.25, 0.3) is 0 Å². The molecule has 10 heteroatoms.